The summed E-state index contributed by atoms with van der Waals surface area (Å²) in [6, 6.07) is 0. The van der Waals surface area contributed by atoms with Gasteiger partial charge < -0.3 is 4.74 Å². The molecule has 0 aromatic carbocycles. The Labute approximate surface area is 73.4 Å². The van der Waals surface area contributed by atoms with Crippen molar-refractivity contribution in [1.82, 2.24) is 0 Å². The second-order valence-electron chi connectivity index (χ2n) is 1.28. The molecule has 0 aliphatic heterocycles. The molecule has 0 radical (unpaired) electrons. The molecule has 0 aliphatic carbocycles. The van der Waals surface area contributed by atoms with Crippen molar-refractivity contribution < 1.29 is 9.53 Å². The Morgan fingerprint density at radius 2 is 2.10 bits per heavy atom. The molecule has 0 aromatic rings. The van der Waals surface area contributed by atoms with Crippen LogP contribution in [0.2, 0.25) is 0 Å². The summed E-state index contributed by atoms with van der Waals surface area (Å²) in [6.07, 6.45) is 2.05. The third-order valence-electron chi connectivity index (χ3n) is 0.468. The molecule has 0 heterocycles. The zero-order chi connectivity index (χ0) is 8.04. The highest BCUT2D eigenvalue weighted by Crippen LogP contribution is 2.28. The summed E-state index contributed by atoms with van der Waals surface area (Å²) < 4.78 is 2.61. The topological polar surface area (TPSA) is 26.3 Å². The molecule has 0 saturated heterocycles. The van der Waals surface area contributed by atoms with E-state index in [1.165, 1.54) is 0 Å². The predicted octanol–water partition coefficient (Wildman–Crippen LogP) is 1.88. The number of hydrogen-bond acceptors (Lipinski definition) is 2. The van der Waals surface area contributed by atoms with Gasteiger partial charge in [-0.25, -0.2) is 0 Å². The molecule has 0 spiro atoms. The molecule has 0 rings (SSSR count). The van der Waals surface area contributed by atoms with E-state index in [0.29, 0.717) is 0 Å². The van der Waals surface area contributed by atoms with Crippen LogP contribution in [0.25, 0.3) is 0 Å². The minimum Gasteiger partial charge on any atom is -0.375 e. The van der Waals surface area contributed by atoms with Crippen LogP contribution in [0.4, 0.5) is 0 Å². The number of carbonyl (C=O) groups is 1. The first-order valence-electron chi connectivity index (χ1n) is 2.20. The van der Waals surface area contributed by atoms with Crippen LogP contribution in [0.5, 0.6) is 0 Å². The molecular weight excluding hydrogens is 198 g/mol. The minimum atomic E-state index is -1.40. The van der Waals surface area contributed by atoms with Crippen LogP contribution in [-0.2, 0) is 9.53 Å². The van der Waals surface area contributed by atoms with Crippen LogP contribution in [0.15, 0.2) is 0 Å². The monoisotopic (exact) mass is 200 g/mol. The summed E-state index contributed by atoms with van der Waals surface area (Å²) >= 11 is 15.9. The number of carbonyl (C=O) groups excluding carboxylic acids is 1. The van der Waals surface area contributed by atoms with Gasteiger partial charge in [-0.15, -0.1) is 0 Å². The maximum absolute atomic E-state index is 9.51. The van der Waals surface area contributed by atoms with Crippen molar-refractivity contribution in [2.24, 2.45) is 0 Å². The summed E-state index contributed by atoms with van der Waals surface area (Å²) in [6.45, 7) is 0.200. The van der Waals surface area contributed by atoms with Gasteiger partial charge in [-0.1, -0.05) is 40.7 Å². The van der Waals surface area contributed by atoms with Crippen LogP contribution in [0.3, 0.4) is 0 Å². The van der Waals surface area contributed by atoms with Gasteiger partial charge in [-0.05, 0) is 0 Å². The number of ether oxygens (including phenoxy) is 1. The molecule has 0 fully saturated rings. The van der Waals surface area contributed by atoms with E-state index in [-0.39, 0.29) is 12.9 Å². The molecule has 2 nitrogen and oxygen atoms in total. The Morgan fingerprint density at radius 3 is 2.50 bits per heavy atom. The number of hydrogen-bond donors (Lipinski definition) is 0. The lowest BCUT2D eigenvalue weighted by molar-refractivity contribution is -0.122. The fraction of sp³-hybridized carbons (Fsp3) is 0.400. The van der Waals surface area contributed by atoms with Crippen LogP contribution in [0.1, 0.15) is 6.42 Å². The quantitative estimate of drug-likeness (QED) is 0.368. The average molecular weight is 201 g/mol. The summed E-state index contributed by atoms with van der Waals surface area (Å²) in [7, 11) is 0. The lowest BCUT2D eigenvalue weighted by atomic mass is 10.5. The first-order chi connectivity index (χ1) is 4.56. The highest BCUT2D eigenvalue weighted by molar-refractivity contribution is 6.67. The summed E-state index contributed by atoms with van der Waals surface area (Å²) in [5.74, 6) is 2.33. The lowest BCUT2D eigenvalue weighted by Gasteiger charge is -2.02. The Kier molecular flexibility index (Phi) is 4.63. The molecule has 56 valence electrons. The standard InChI is InChI=1S/C5H3Cl3O2/c6-5(7,8)2-1-3-10-4-9/h4H,2H2. The van der Waals surface area contributed by atoms with Gasteiger partial charge in [0, 0.05) is 0 Å². The Balaban J connectivity index is 3.55. The van der Waals surface area contributed by atoms with Gasteiger partial charge >= 0.3 is 6.47 Å². The molecule has 0 aliphatic rings. The van der Waals surface area contributed by atoms with E-state index in [1.807, 2.05) is 6.11 Å². The third-order valence-corrected chi connectivity index (χ3v) is 0.869. The largest absolute Gasteiger partial charge is 0.375 e. The molecule has 5 heteroatoms. The second-order valence-corrected chi connectivity index (χ2v) is 3.80. The van der Waals surface area contributed by atoms with Gasteiger partial charge in [-0.3, -0.25) is 4.79 Å². The Bertz CT molecular complexity index is 162. The number of rotatable bonds is 1. The average Bonchev–Trinajstić information content (AvgIpc) is 1.78. The van der Waals surface area contributed by atoms with Crippen molar-refractivity contribution >= 4 is 41.3 Å². The first kappa shape index (κ1) is 9.90. The molecule has 0 saturated carbocycles. The van der Waals surface area contributed by atoms with Crippen LogP contribution < -0.4 is 0 Å². The van der Waals surface area contributed by atoms with E-state index in [4.69, 9.17) is 34.8 Å². The lowest BCUT2D eigenvalue weighted by Crippen LogP contribution is -1.98. The van der Waals surface area contributed by atoms with Crippen molar-refractivity contribution in [2.45, 2.75) is 10.2 Å². The summed E-state index contributed by atoms with van der Waals surface area (Å²) in [5, 5.41) is 0. The normalized spacial score (nSPS) is 9.50. The van der Waals surface area contributed by atoms with Gasteiger partial charge in [-0.2, -0.15) is 0 Å². The zero-order valence-electron chi connectivity index (χ0n) is 4.73. The maximum atomic E-state index is 9.51. The fourth-order valence-corrected chi connectivity index (χ4v) is 0.402. The number of alkyl halides is 3. The van der Waals surface area contributed by atoms with Crippen molar-refractivity contribution in [3.05, 3.63) is 0 Å². The Hall–Kier alpha value is -0.100. The molecule has 0 unspecified atom stereocenters. The van der Waals surface area contributed by atoms with Crippen LogP contribution in [0, 0.1) is 12.0 Å². The first-order valence-corrected chi connectivity index (χ1v) is 3.33. The van der Waals surface area contributed by atoms with Crippen molar-refractivity contribution in [3.63, 3.8) is 0 Å². The number of halogens is 3. The molecule has 0 aromatic heterocycles. The van der Waals surface area contributed by atoms with Gasteiger partial charge in [0.1, 0.15) is 6.11 Å². The van der Waals surface area contributed by atoms with E-state index in [0.717, 1.165) is 0 Å². The third kappa shape index (κ3) is 7.90. The zero-order valence-corrected chi connectivity index (χ0v) is 7.00. The summed E-state index contributed by atoms with van der Waals surface area (Å²) in [5.41, 5.74) is 0. The molecular formula is C5H3Cl3O2. The van der Waals surface area contributed by atoms with Gasteiger partial charge in [0.15, 0.2) is 0 Å². The predicted molar refractivity (Wildman–Crippen MR) is 39.8 cm³/mol. The minimum absolute atomic E-state index is 0.0332. The van der Waals surface area contributed by atoms with E-state index in [9.17, 15) is 4.79 Å². The van der Waals surface area contributed by atoms with E-state index < -0.39 is 3.79 Å². The fourth-order valence-electron chi connectivity index (χ4n) is 0.202. The Morgan fingerprint density at radius 1 is 1.50 bits per heavy atom. The highest BCUT2D eigenvalue weighted by atomic mass is 35.6. The van der Waals surface area contributed by atoms with E-state index in [1.54, 1.807) is 0 Å². The molecule has 10 heavy (non-hydrogen) atoms. The SMILES string of the molecule is O=COC#CCC(Cl)(Cl)Cl. The van der Waals surface area contributed by atoms with Crippen molar-refractivity contribution in [1.29, 1.82) is 0 Å². The van der Waals surface area contributed by atoms with Crippen LogP contribution in [-0.4, -0.2) is 10.3 Å². The van der Waals surface area contributed by atoms with E-state index >= 15 is 0 Å². The van der Waals surface area contributed by atoms with E-state index in [2.05, 4.69) is 10.7 Å². The molecule has 0 bridgehead atoms. The second kappa shape index (κ2) is 4.68. The van der Waals surface area contributed by atoms with Gasteiger partial charge in [0.25, 0.3) is 0 Å². The van der Waals surface area contributed by atoms with Gasteiger partial charge in [0.2, 0.25) is 3.79 Å². The molecule has 0 N–H and O–H groups in total. The van der Waals surface area contributed by atoms with Crippen molar-refractivity contribution in [3.8, 4) is 12.0 Å². The van der Waals surface area contributed by atoms with Gasteiger partial charge in [0.05, 0.1) is 6.42 Å². The summed E-state index contributed by atoms with van der Waals surface area (Å²) in [4.78, 5) is 9.51. The smallest absolute Gasteiger partial charge is 0.307 e. The van der Waals surface area contributed by atoms with Crippen LogP contribution >= 0.6 is 34.8 Å². The van der Waals surface area contributed by atoms with Crippen molar-refractivity contribution in [2.75, 3.05) is 0 Å². The maximum Gasteiger partial charge on any atom is 0.307 e. The molecule has 0 amide bonds. The highest BCUT2D eigenvalue weighted by Gasteiger charge is 2.16. The molecule has 0 atom stereocenters.